The molecule has 2 nitrogen and oxygen atoms in total. The first kappa shape index (κ1) is 11.4. The molecule has 3 aromatic rings. The number of hydrogen-bond donors (Lipinski definition) is 1. The first-order chi connectivity index (χ1) is 8.75. The second-order valence-electron chi connectivity index (χ2n) is 4.38. The van der Waals surface area contributed by atoms with Crippen molar-refractivity contribution in [1.82, 2.24) is 4.98 Å². The van der Waals surface area contributed by atoms with E-state index in [1.807, 2.05) is 24.5 Å². The Kier molecular flexibility index (Phi) is 2.86. The Labute approximate surface area is 110 Å². The van der Waals surface area contributed by atoms with Crippen LogP contribution in [-0.2, 0) is 0 Å². The highest BCUT2D eigenvalue weighted by Gasteiger charge is 2.13. The van der Waals surface area contributed by atoms with Crippen molar-refractivity contribution in [3.63, 3.8) is 0 Å². The van der Waals surface area contributed by atoms with Crippen LogP contribution in [0.1, 0.15) is 21.4 Å². The summed E-state index contributed by atoms with van der Waals surface area (Å²) < 4.78 is 0. The second kappa shape index (κ2) is 4.52. The molecule has 1 atom stereocenters. The summed E-state index contributed by atoms with van der Waals surface area (Å²) in [6.45, 7) is 2.10. The van der Waals surface area contributed by atoms with E-state index in [2.05, 4.69) is 36.2 Å². The lowest BCUT2D eigenvalue weighted by molar-refractivity contribution is 0.895. The average molecular weight is 254 g/mol. The average Bonchev–Trinajstić information content (AvgIpc) is 2.84. The molecule has 0 fully saturated rings. The van der Waals surface area contributed by atoms with Gasteiger partial charge in [-0.3, -0.25) is 4.98 Å². The van der Waals surface area contributed by atoms with Gasteiger partial charge in [0.25, 0.3) is 0 Å². The Morgan fingerprint density at radius 3 is 2.72 bits per heavy atom. The molecule has 0 amide bonds. The van der Waals surface area contributed by atoms with Gasteiger partial charge in [0, 0.05) is 33.1 Å². The van der Waals surface area contributed by atoms with E-state index in [0.29, 0.717) is 0 Å². The molecular formula is C15H14N2S. The molecule has 0 saturated heterocycles. The maximum atomic E-state index is 6.37. The number of aromatic nitrogens is 1. The van der Waals surface area contributed by atoms with Crippen molar-refractivity contribution in [2.75, 3.05) is 0 Å². The van der Waals surface area contributed by atoms with Crippen molar-refractivity contribution >= 4 is 22.1 Å². The lowest BCUT2D eigenvalue weighted by atomic mass is 10.0. The molecule has 18 heavy (non-hydrogen) atoms. The molecule has 0 saturated carbocycles. The van der Waals surface area contributed by atoms with Crippen LogP contribution in [0.15, 0.2) is 48.8 Å². The molecule has 0 bridgehead atoms. The number of nitrogens with zero attached hydrogens (tertiary/aromatic N) is 1. The predicted octanol–water partition coefficient (Wildman–Crippen LogP) is 3.65. The second-order valence-corrected chi connectivity index (χ2v) is 5.70. The van der Waals surface area contributed by atoms with Crippen LogP contribution < -0.4 is 5.73 Å². The molecular weight excluding hydrogens is 240 g/mol. The molecule has 2 aromatic heterocycles. The van der Waals surface area contributed by atoms with Crippen LogP contribution in [0.5, 0.6) is 0 Å². The zero-order valence-electron chi connectivity index (χ0n) is 10.1. The zero-order chi connectivity index (χ0) is 12.5. The van der Waals surface area contributed by atoms with Gasteiger partial charge in [0.05, 0.1) is 6.04 Å². The molecule has 3 heteroatoms. The lowest BCUT2D eigenvalue weighted by Crippen LogP contribution is -2.11. The van der Waals surface area contributed by atoms with Gasteiger partial charge in [-0.15, -0.1) is 11.3 Å². The highest BCUT2D eigenvalue weighted by Crippen LogP contribution is 2.30. The summed E-state index contributed by atoms with van der Waals surface area (Å²) >= 11 is 1.75. The largest absolute Gasteiger partial charge is 0.320 e. The Morgan fingerprint density at radius 2 is 1.94 bits per heavy atom. The van der Waals surface area contributed by atoms with Gasteiger partial charge in [0.15, 0.2) is 0 Å². The summed E-state index contributed by atoms with van der Waals surface area (Å²) in [7, 11) is 0. The number of benzene rings is 1. The highest BCUT2D eigenvalue weighted by atomic mass is 32.1. The molecule has 1 unspecified atom stereocenters. The van der Waals surface area contributed by atoms with Crippen molar-refractivity contribution in [2.45, 2.75) is 13.0 Å². The molecule has 0 aliphatic rings. The van der Waals surface area contributed by atoms with E-state index >= 15 is 0 Å². The Bertz CT molecular complexity index is 682. The van der Waals surface area contributed by atoms with Gasteiger partial charge < -0.3 is 5.73 Å². The Morgan fingerprint density at radius 1 is 1.11 bits per heavy atom. The van der Waals surface area contributed by atoms with Gasteiger partial charge >= 0.3 is 0 Å². The number of fused-ring (bicyclic) bond motifs is 1. The smallest absolute Gasteiger partial charge is 0.0667 e. The molecule has 0 spiro atoms. The van der Waals surface area contributed by atoms with Crippen molar-refractivity contribution in [3.05, 3.63) is 64.1 Å². The number of thiophene rings is 1. The molecule has 2 heterocycles. The van der Waals surface area contributed by atoms with Crippen molar-refractivity contribution in [3.8, 4) is 0 Å². The van der Waals surface area contributed by atoms with Crippen molar-refractivity contribution in [2.24, 2.45) is 5.73 Å². The molecule has 90 valence electrons. The number of hydrogen-bond acceptors (Lipinski definition) is 3. The van der Waals surface area contributed by atoms with Gasteiger partial charge in [0.1, 0.15) is 0 Å². The van der Waals surface area contributed by atoms with E-state index in [1.165, 1.54) is 15.1 Å². The molecule has 0 radical (unpaired) electrons. The number of rotatable bonds is 2. The third kappa shape index (κ3) is 1.92. The first-order valence-corrected chi connectivity index (χ1v) is 6.72. The van der Waals surface area contributed by atoms with Gasteiger partial charge in [-0.25, -0.2) is 0 Å². The maximum Gasteiger partial charge on any atom is 0.0667 e. The van der Waals surface area contributed by atoms with Crippen LogP contribution in [0.4, 0.5) is 0 Å². The topological polar surface area (TPSA) is 38.9 Å². The fourth-order valence-corrected chi connectivity index (χ4v) is 3.06. The van der Waals surface area contributed by atoms with Crippen LogP contribution in [0.2, 0.25) is 0 Å². The molecule has 1 aromatic carbocycles. The monoisotopic (exact) mass is 254 g/mol. The van der Waals surface area contributed by atoms with Crippen molar-refractivity contribution < 1.29 is 0 Å². The number of pyridine rings is 1. The quantitative estimate of drug-likeness (QED) is 0.758. The number of nitrogens with two attached hydrogens (primary N) is 1. The third-order valence-electron chi connectivity index (χ3n) is 3.10. The van der Waals surface area contributed by atoms with Crippen LogP contribution in [-0.4, -0.2) is 4.98 Å². The summed E-state index contributed by atoms with van der Waals surface area (Å²) in [5, 5.41) is 2.32. The predicted molar refractivity (Wildman–Crippen MR) is 76.8 cm³/mol. The molecule has 2 N–H and O–H groups in total. The van der Waals surface area contributed by atoms with E-state index in [9.17, 15) is 0 Å². The minimum absolute atomic E-state index is 0.0951. The van der Waals surface area contributed by atoms with E-state index in [-0.39, 0.29) is 6.04 Å². The van der Waals surface area contributed by atoms with Crippen LogP contribution in [0.3, 0.4) is 0 Å². The van der Waals surface area contributed by atoms with E-state index < -0.39 is 0 Å². The van der Waals surface area contributed by atoms with Gasteiger partial charge in [0.2, 0.25) is 0 Å². The van der Waals surface area contributed by atoms with Crippen molar-refractivity contribution in [1.29, 1.82) is 0 Å². The zero-order valence-corrected chi connectivity index (χ0v) is 10.9. The molecule has 3 rings (SSSR count). The van der Waals surface area contributed by atoms with Crippen LogP contribution in [0.25, 0.3) is 10.8 Å². The van der Waals surface area contributed by atoms with Crippen LogP contribution in [0, 0.1) is 6.92 Å². The van der Waals surface area contributed by atoms with E-state index in [1.54, 1.807) is 11.3 Å². The van der Waals surface area contributed by atoms with E-state index in [0.717, 1.165) is 10.9 Å². The van der Waals surface area contributed by atoms with Gasteiger partial charge in [-0.05, 0) is 24.4 Å². The SMILES string of the molecule is Cc1ccc(C(N)c2cncc3ccccc23)s1. The summed E-state index contributed by atoms with van der Waals surface area (Å²) in [5.74, 6) is 0. The fraction of sp³-hybridized carbons (Fsp3) is 0.133. The first-order valence-electron chi connectivity index (χ1n) is 5.90. The highest BCUT2D eigenvalue weighted by molar-refractivity contribution is 7.12. The van der Waals surface area contributed by atoms with Crippen LogP contribution >= 0.6 is 11.3 Å². The summed E-state index contributed by atoms with van der Waals surface area (Å²) in [5.41, 5.74) is 7.46. The summed E-state index contributed by atoms with van der Waals surface area (Å²) in [6, 6.07) is 12.4. The van der Waals surface area contributed by atoms with E-state index in [4.69, 9.17) is 5.73 Å². The number of aryl methyl sites for hydroxylation is 1. The minimum Gasteiger partial charge on any atom is -0.320 e. The lowest BCUT2D eigenvalue weighted by Gasteiger charge is -2.12. The maximum absolute atomic E-state index is 6.37. The fourth-order valence-electron chi connectivity index (χ4n) is 2.16. The summed E-state index contributed by atoms with van der Waals surface area (Å²) in [6.07, 6.45) is 3.76. The van der Waals surface area contributed by atoms with Gasteiger partial charge in [-0.2, -0.15) is 0 Å². The normalized spacial score (nSPS) is 12.8. The van der Waals surface area contributed by atoms with Gasteiger partial charge in [-0.1, -0.05) is 24.3 Å². The third-order valence-corrected chi connectivity index (χ3v) is 4.19. The molecule has 0 aliphatic carbocycles. The minimum atomic E-state index is -0.0951. The Balaban J connectivity index is 2.14. The Hall–Kier alpha value is -1.71. The summed E-state index contributed by atoms with van der Waals surface area (Å²) in [4.78, 5) is 6.76. The molecule has 0 aliphatic heterocycles. The standard InChI is InChI=1S/C15H14N2S/c1-10-6-7-14(18-10)15(16)13-9-17-8-11-4-2-3-5-12(11)13/h2-9,15H,16H2,1H3.